The summed E-state index contributed by atoms with van der Waals surface area (Å²) in [6.07, 6.45) is 4.80. The quantitative estimate of drug-likeness (QED) is 0.571. The van der Waals surface area contributed by atoms with Crippen molar-refractivity contribution in [3.05, 3.63) is 0 Å². The Balaban J connectivity index is 3.34. The van der Waals surface area contributed by atoms with Gasteiger partial charge in [0.25, 0.3) is 0 Å². The molecule has 0 aromatic rings. The molecule has 0 saturated heterocycles. The molecule has 1 atom stereocenters. The molecule has 0 radical (unpaired) electrons. The molecule has 0 spiro atoms. The van der Waals surface area contributed by atoms with Gasteiger partial charge in [0.05, 0.1) is 0 Å². The lowest BCUT2D eigenvalue weighted by atomic mass is 10.1. The molecular formula is C9H21NS. The maximum atomic E-state index is 2.41. The molecule has 0 rings (SSSR count). The zero-order valence-corrected chi connectivity index (χ0v) is 9.08. The smallest absolute Gasteiger partial charge is 0.00916 e. The molecule has 0 aliphatic carbocycles. The number of hydrogen-bond donors (Lipinski definition) is 0. The van der Waals surface area contributed by atoms with Gasteiger partial charge in [-0.3, -0.25) is 4.31 Å². The summed E-state index contributed by atoms with van der Waals surface area (Å²) in [5.41, 5.74) is 0. The zero-order valence-electron chi connectivity index (χ0n) is 8.26. The van der Waals surface area contributed by atoms with Crippen LogP contribution in [0, 0.1) is 5.92 Å². The minimum absolute atomic E-state index is 0.885. The van der Waals surface area contributed by atoms with E-state index in [1.807, 2.05) is 11.9 Å². The summed E-state index contributed by atoms with van der Waals surface area (Å²) < 4.78 is 2.41. The van der Waals surface area contributed by atoms with Crippen LogP contribution in [0.4, 0.5) is 0 Å². The fourth-order valence-corrected chi connectivity index (χ4v) is 1.49. The van der Waals surface area contributed by atoms with Crippen LogP contribution in [-0.4, -0.2) is 23.7 Å². The van der Waals surface area contributed by atoms with E-state index in [1.165, 1.54) is 19.4 Å². The van der Waals surface area contributed by atoms with E-state index < -0.39 is 0 Å². The zero-order chi connectivity index (χ0) is 8.69. The summed E-state index contributed by atoms with van der Waals surface area (Å²) in [6, 6.07) is 0. The fourth-order valence-electron chi connectivity index (χ4n) is 0.947. The number of rotatable bonds is 6. The van der Waals surface area contributed by atoms with E-state index in [2.05, 4.69) is 31.3 Å². The third-order valence-electron chi connectivity index (χ3n) is 2.18. The van der Waals surface area contributed by atoms with E-state index in [-0.39, 0.29) is 0 Å². The Bertz CT molecular complexity index is 81.6. The van der Waals surface area contributed by atoms with Gasteiger partial charge in [-0.2, -0.15) is 0 Å². The van der Waals surface area contributed by atoms with E-state index in [9.17, 15) is 0 Å². The first-order valence-corrected chi connectivity index (χ1v) is 5.71. The van der Waals surface area contributed by atoms with Gasteiger partial charge < -0.3 is 0 Å². The van der Waals surface area contributed by atoms with Gasteiger partial charge in [0.15, 0.2) is 0 Å². The van der Waals surface area contributed by atoms with Crippen LogP contribution in [0.5, 0.6) is 0 Å². The Morgan fingerprint density at radius 2 is 2.00 bits per heavy atom. The lowest BCUT2D eigenvalue weighted by molar-refractivity contribution is 0.413. The highest BCUT2D eigenvalue weighted by atomic mass is 32.2. The predicted octanol–water partition coefficient (Wildman–Crippen LogP) is 3.02. The van der Waals surface area contributed by atoms with E-state index in [1.54, 1.807) is 0 Å². The Morgan fingerprint density at radius 1 is 1.36 bits per heavy atom. The monoisotopic (exact) mass is 175 g/mol. The summed E-state index contributed by atoms with van der Waals surface area (Å²) in [6.45, 7) is 9.21. The van der Waals surface area contributed by atoms with Gasteiger partial charge in [0.2, 0.25) is 0 Å². The van der Waals surface area contributed by atoms with Gasteiger partial charge in [0.1, 0.15) is 0 Å². The van der Waals surface area contributed by atoms with Crippen molar-refractivity contribution in [1.29, 1.82) is 0 Å². The van der Waals surface area contributed by atoms with E-state index in [0.717, 1.165) is 12.5 Å². The second-order valence-corrected chi connectivity index (χ2v) is 3.89. The Kier molecular flexibility index (Phi) is 7.18. The standard InChI is InChI=1S/C9H21NS/c1-5-9(3)7-8-10(6-2)11-4/h9H,5-8H2,1-4H3. The molecule has 0 N–H and O–H groups in total. The van der Waals surface area contributed by atoms with Crippen molar-refractivity contribution in [3.63, 3.8) is 0 Å². The van der Waals surface area contributed by atoms with Crippen LogP contribution >= 0.6 is 11.9 Å². The maximum Gasteiger partial charge on any atom is 0.00916 e. The van der Waals surface area contributed by atoms with Crippen molar-refractivity contribution in [2.75, 3.05) is 19.3 Å². The average Bonchev–Trinajstić information content (AvgIpc) is 2.06. The molecule has 1 unspecified atom stereocenters. The molecule has 0 aromatic carbocycles. The Hall–Kier alpha value is 0.310. The molecule has 0 saturated carbocycles. The highest BCUT2D eigenvalue weighted by molar-refractivity contribution is 7.96. The van der Waals surface area contributed by atoms with Crippen molar-refractivity contribution in [2.45, 2.75) is 33.6 Å². The third-order valence-corrected chi connectivity index (χ3v) is 3.14. The molecule has 1 nitrogen and oxygen atoms in total. The first-order chi connectivity index (χ1) is 5.24. The van der Waals surface area contributed by atoms with Crippen LogP contribution < -0.4 is 0 Å². The van der Waals surface area contributed by atoms with Gasteiger partial charge in [-0.25, -0.2) is 0 Å². The van der Waals surface area contributed by atoms with E-state index in [0.29, 0.717) is 0 Å². The molecule has 68 valence electrons. The highest BCUT2D eigenvalue weighted by Gasteiger charge is 2.02. The topological polar surface area (TPSA) is 3.24 Å². The SMILES string of the molecule is CCC(C)CCN(CC)SC. The van der Waals surface area contributed by atoms with Gasteiger partial charge >= 0.3 is 0 Å². The van der Waals surface area contributed by atoms with E-state index >= 15 is 0 Å². The number of nitrogens with zero attached hydrogens (tertiary/aromatic N) is 1. The molecule has 0 fully saturated rings. The third kappa shape index (κ3) is 5.57. The van der Waals surface area contributed by atoms with Crippen LogP contribution in [0.15, 0.2) is 0 Å². The predicted molar refractivity (Wildman–Crippen MR) is 54.8 cm³/mol. The molecule has 0 amide bonds. The second kappa shape index (κ2) is 6.99. The van der Waals surface area contributed by atoms with Crippen molar-refractivity contribution in [1.82, 2.24) is 4.31 Å². The number of hydrogen-bond acceptors (Lipinski definition) is 2. The lowest BCUT2D eigenvalue weighted by Crippen LogP contribution is -2.17. The van der Waals surface area contributed by atoms with Crippen molar-refractivity contribution >= 4 is 11.9 Å². The first-order valence-electron chi connectivity index (χ1n) is 4.53. The summed E-state index contributed by atoms with van der Waals surface area (Å²) in [4.78, 5) is 0. The highest BCUT2D eigenvalue weighted by Crippen LogP contribution is 2.11. The summed E-state index contributed by atoms with van der Waals surface area (Å²) in [7, 11) is 0. The molecule has 0 bridgehead atoms. The van der Waals surface area contributed by atoms with Crippen LogP contribution in [0.25, 0.3) is 0 Å². The van der Waals surface area contributed by atoms with Crippen molar-refractivity contribution < 1.29 is 0 Å². The molecule has 0 aliphatic heterocycles. The van der Waals surface area contributed by atoms with Gasteiger partial charge in [-0.1, -0.05) is 39.1 Å². The largest absolute Gasteiger partial charge is 0.251 e. The van der Waals surface area contributed by atoms with Crippen LogP contribution in [0.2, 0.25) is 0 Å². The summed E-state index contributed by atoms with van der Waals surface area (Å²) >= 11 is 1.86. The molecule has 0 aliphatic rings. The average molecular weight is 175 g/mol. The lowest BCUT2D eigenvalue weighted by Gasteiger charge is -2.18. The van der Waals surface area contributed by atoms with Crippen molar-refractivity contribution in [2.24, 2.45) is 5.92 Å². The minimum atomic E-state index is 0.885. The second-order valence-electron chi connectivity index (χ2n) is 3.01. The molecule has 11 heavy (non-hydrogen) atoms. The van der Waals surface area contributed by atoms with Crippen LogP contribution in [0.1, 0.15) is 33.6 Å². The van der Waals surface area contributed by atoms with Crippen LogP contribution in [-0.2, 0) is 0 Å². The van der Waals surface area contributed by atoms with Crippen LogP contribution in [0.3, 0.4) is 0 Å². The van der Waals surface area contributed by atoms with Gasteiger partial charge in [-0.15, -0.1) is 0 Å². The summed E-state index contributed by atoms with van der Waals surface area (Å²) in [5, 5.41) is 0. The summed E-state index contributed by atoms with van der Waals surface area (Å²) in [5.74, 6) is 0.885. The molecular weight excluding hydrogens is 154 g/mol. The molecule has 0 aromatic heterocycles. The minimum Gasteiger partial charge on any atom is -0.251 e. The van der Waals surface area contributed by atoms with E-state index in [4.69, 9.17) is 0 Å². The van der Waals surface area contributed by atoms with Crippen molar-refractivity contribution in [3.8, 4) is 0 Å². The molecule has 2 heteroatoms. The normalized spacial score (nSPS) is 13.9. The first kappa shape index (κ1) is 11.3. The Morgan fingerprint density at radius 3 is 2.36 bits per heavy atom. The molecule has 0 heterocycles. The van der Waals surface area contributed by atoms with Gasteiger partial charge in [-0.05, 0) is 18.6 Å². The Labute approximate surface area is 75.7 Å². The maximum absolute atomic E-state index is 2.41. The fraction of sp³-hybridized carbons (Fsp3) is 1.00. The van der Waals surface area contributed by atoms with Gasteiger partial charge in [0, 0.05) is 13.1 Å².